The van der Waals surface area contributed by atoms with E-state index in [1.807, 2.05) is 0 Å². The molecule has 1 N–H and O–H groups in total. The maximum absolute atomic E-state index is 11.5. The number of carbonyl (C=O) groups excluding carboxylic acids is 2. The Morgan fingerprint density at radius 2 is 1.59 bits per heavy atom. The van der Waals surface area contributed by atoms with Gasteiger partial charge in [-0.15, -0.1) is 0 Å². The minimum Gasteiger partial charge on any atom is -0.469 e. The molecule has 5 unspecified atom stereocenters. The minimum absolute atomic E-state index is 0.344. The van der Waals surface area contributed by atoms with Gasteiger partial charge in [-0.2, -0.15) is 0 Å². The molecule has 0 spiro atoms. The highest BCUT2D eigenvalue weighted by Gasteiger charge is 2.46. The largest absolute Gasteiger partial charge is 0.469 e. The molecule has 1 fully saturated rings. The molecule has 1 aliphatic heterocycles. The maximum atomic E-state index is 11.5. The lowest BCUT2D eigenvalue weighted by atomic mass is 9.99. The van der Waals surface area contributed by atoms with Gasteiger partial charge in [0.2, 0.25) is 6.29 Å². The van der Waals surface area contributed by atoms with Crippen LogP contribution in [0.5, 0.6) is 0 Å². The average molecular weight is 321 g/mol. The van der Waals surface area contributed by atoms with Gasteiger partial charge < -0.3 is 23.7 Å². The number of hydrogen-bond acceptors (Lipinski definition) is 8. The average Bonchev–Trinajstić information content (AvgIpc) is 2.51. The first-order valence-corrected chi connectivity index (χ1v) is 6.73. The first kappa shape index (κ1) is 18.8. The molecule has 128 valence electrons. The van der Waals surface area contributed by atoms with E-state index >= 15 is 0 Å². The summed E-state index contributed by atoms with van der Waals surface area (Å²) in [5.41, 5.74) is 2.14. The lowest BCUT2D eigenvalue weighted by molar-refractivity contribution is -0.316. The number of hydrogen-bond donors (Lipinski definition) is 1. The van der Waals surface area contributed by atoms with E-state index in [0.29, 0.717) is 0 Å². The summed E-state index contributed by atoms with van der Waals surface area (Å²) in [6.45, 7) is 1.79. The summed E-state index contributed by atoms with van der Waals surface area (Å²) in [6, 6.07) is 0. The summed E-state index contributed by atoms with van der Waals surface area (Å²) in [5, 5.41) is 0. The molecule has 0 radical (unpaired) electrons. The molecule has 5 atom stereocenters. The summed E-state index contributed by atoms with van der Waals surface area (Å²) in [6.07, 6.45) is -3.11. The molecule has 0 aromatic rings. The van der Waals surface area contributed by atoms with Crippen molar-refractivity contribution in [3.8, 4) is 0 Å². The molecule has 0 aromatic carbocycles. The molecule has 1 aliphatic rings. The Hall–Kier alpha value is -1.26. The fourth-order valence-electron chi connectivity index (χ4n) is 2.27. The Kier molecular flexibility index (Phi) is 7.69. The van der Waals surface area contributed by atoms with E-state index in [9.17, 15) is 9.59 Å². The third kappa shape index (κ3) is 4.62. The van der Waals surface area contributed by atoms with Crippen molar-refractivity contribution in [1.29, 1.82) is 0 Å². The predicted molar refractivity (Wildman–Crippen MR) is 72.6 cm³/mol. The molecule has 1 amide bonds. The fourth-order valence-corrected chi connectivity index (χ4v) is 2.27. The Labute approximate surface area is 129 Å². The van der Waals surface area contributed by atoms with Gasteiger partial charge in [0, 0.05) is 21.3 Å². The minimum atomic E-state index is -0.905. The van der Waals surface area contributed by atoms with E-state index in [4.69, 9.17) is 23.8 Å². The number of carbonyl (C=O) groups is 2. The molecule has 1 heterocycles. The van der Waals surface area contributed by atoms with Crippen LogP contribution >= 0.6 is 0 Å². The third-order valence-electron chi connectivity index (χ3n) is 3.37. The molecule has 22 heavy (non-hydrogen) atoms. The second-order valence-corrected chi connectivity index (χ2v) is 4.71. The summed E-state index contributed by atoms with van der Waals surface area (Å²) in [7, 11) is 5.73. The number of esters is 1. The summed E-state index contributed by atoms with van der Waals surface area (Å²) < 4.78 is 26.1. The Morgan fingerprint density at radius 1 is 1.00 bits per heavy atom. The zero-order chi connectivity index (χ0) is 16.7. The molecule has 0 aliphatic carbocycles. The van der Waals surface area contributed by atoms with Crippen molar-refractivity contribution in [2.75, 3.05) is 28.4 Å². The van der Waals surface area contributed by atoms with E-state index in [2.05, 4.69) is 10.2 Å². The summed E-state index contributed by atoms with van der Waals surface area (Å²) in [5.74, 6) is -1.32. The highest BCUT2D eigenvalue weighted by atomic mass is 16.8. The van der Waals surface area contributed by atoms with Gasteiger partial charge in [-0.1, -0.05) is 0 Å². The lowest BCUT2D eigenvalue weighted by Gasteiger charge is -2.43. The van der Waals surface area contributed by atoms with E-state index in [1.165, 1.54) is 21.3 Å². The van der Waals surface area contributed by atoms with Crippen LogP contribution in [-0.2, 0) is 38.1 Å². The van der Waals surface area contributed by atoms with Crippen LogP contribution in [0.4, 0.5) is 0 Å². The normalized spacial score (nSPS) is 31.6. The molecular formula is C13H23NO8. The lowest BCUT2D eigenvalue weighted by Crippen LogP contribution is -2.60. The zero-order valence-corrected chi connectivity index (χ0v) is 13.4. The van der Waals surface area contributed by atoms with Gasteiger partial charge in [0.25, 0.3) is 5.91 Å². The molecule has 1 saturated heterocycles. The third-order valence-corrected chi connectivity index (χ3v) is 3.37. The van der Waals surface area contributed by atoms with Gasteiger partial charge in [-0.25, -0.2) is 10.3 Å². The number of nitrogens with one attached hydrogen (secondary N) is 1. The number of rotatable bonds is 7. The van der Waals surface area contributed by atoms with Crippen LogP contribution in [0.2, 0.25) is 0 Å². The predicted octanol–water partition coefficient (Wildman–Crippen LogP) is -0.613. The Morgan fingerprint density at radius 3 is 2.09 bits per heavy atom. The van der Waals surface area contributed by atoms with Crippen molar-refractivity contribution >= 4 is 11.9 Å². The molecule has 0 bridgehead atoms. The van der Waals surface area contributed by atoms with Crippen molar-refractivity contribution in [2.45, 2.75) is 44.1 Å². The number of methoxy groups -OCH3 is 4. The standard InChI is InChI=1S/C13H23NO8/c1-7-10(18-3)11(19-4)12(20-5)13(21-7)22-14-8(15)6-9(16)17-2/h7,10-13H,6H2,1-5H3,(H,14,15). The van der Waals surface area contributed by atoms with Crippen LogP contribution in [0.25, 0.3) is 0 Å². The molecular weight excluding hydrogens is 298 g/mol. The van der Waals surface area contributed by atoms with Gasteiger partial charge >= 0.3 is 5.97 Å². The topological polar surface area (TPSA) is 102 Å². The second kappa shape index (κ2) is 9.01. The Bertz CT molecular complexity index is 377. The van der Waals surface area contributed by atoms with Gasteiger partial charge in [-0.05, 0) is 6.92 Å². The van der Waals surface area contributed by atoms with Gasteiger partial charge in [-0.3, -0.25) is 9.59 Å². The molecule has 9 heteroatoms. The molecule has 1 rings (SSSR count). The number of hydroxylamine groups is 1. The van der Waals surface area contributed by atoms with Gasteiger partial charge in [0.15, 0.2) is 0 Å². The van der Waals surface area contributed by atoms with Crippen LogP contribution in [0.1, 0.15) is 13.3 Å². The molecule has 0 aromatic heterocycles. The van der Waals surface area contributed by atoms with Crippen molar-refractivity contribution in [3.63, 3.8) is 0 Å². The van der Waals surface area contributed by atoms with Gasteiger partial charge in [0.1, 0.15) is 24.7 Å². The monoisotopic (exact) mass is 321 g/mol. The van der Waals surface area contributed by atoms with Crippen LogP contribution in [0.15, 0.2) is 0 Å². The van der Waals surface area contributed by atoms with Crippen LogP contribution in [-0.4, -0.2) is 71.0 Å². The first-order chi connectivity index (χ1) is 10.5. The fraction of sp³-hybridized carbons (Fsp3) is 0.846. The summed E-state index contributed by atoms with van der Waals surface area (Å²) in [4.78, 5) is 27.7. The SMILES string of the molecule is COC(=O)CC(=O)NOC1OC(C)C(OC)C(OC)C1OC. The maximum Gasteiger partial charge on any atom is 0.315 e. The van der Waals surface area contributed by atoms with Crippen molar-refractivity contribution in [2.24, 2.45) is 0 Å². The van der Waals surface area contributed by atoms with E-state index in [1.54, 1.807) is 14.0 Å². The van der Waals surface area contributed by atoms with Gasteiger partial charge in [0.05, 0.1) is 13.2 Å². The highest BCUT2D eigenvalue weighted by Crippen LogP contribution is 2.27. The quantitative estimate of drug-likeness (QED) is 0.376. The smallest absolute Gasteiger partial charge is 0.315 e. The highest BCUT2D eigenvalue weighted by molar-refractivity contribution is 5.93. The van der Waals surface area contributed by atoms with Crippen molar-refractivity contribution in [1.82, 2.24) is 5.48 Å². The summed E-state index contributed by atoms with van der Waals surface area (Å²) >= 11 is 0. The molecule has 9 nitrogen and oxygen atoms in total. The van der Waals surface area contributed by atoms with E-state index in [-0.39, 0.29) is 12.2 Å². The second-order valence-electron chi connectivity index (χ2n) is 4.71. The van der Waals surface area contributed by atoms with Crippen LogP contribution < -0.4 is 5.48 Å². The number of ether oxygens (including phenoxy) is 5. The van der Waals surface area contributed by atoms with E-state index in [0.717, 1.165) is 0 Å². The molecule has 0 saturated carbocycles. The Balaban J connectivity index is 2.64. The van der Waals surface area contributed by atoms with Crippen LogP contribution in [0, 0.1) is 0 Å². The number of amides is 1. The van der Waals surface area contributed by atoms with Crippen molar-refractivity contribution in [3.05, 3.63) is 0 Å². The van der Waals surface area contributed by atoms with E-state index < -0.39 is 36.8 Å². The first-order valence-electron chi connectivity index (χ1n) is 6.73. The zero-order valence-electron chi connectivity index (χ0n) is 13.4. The van der Waals surface area contributed by atoms with Crippen LogP contribution in [0.3, 0.4) is 0 Å². The van der Waals surface area contributed by atoms with Crippen molar-refractivity contribution < 1.29 is 38.1 Å².